The van der Waals surface area contributed by atoms with Crippen molar-refractivity contribution >= 4 is 33.0 Å². The lowest BCUT2D eigenvalue weighted by atomic mass is 10.1. The van der Waals surface area contributed by atoms with Gasteiger partial charge in [0.1, 0.15) is 16.1 Å². The zero-order chi connectivity index (χ0) is 13.2. The van der Waals surface area contributed by atoms with Crippen LogP contribution in [-0.4, -0.2) is 15.0 Å². The smallest absolute Gasteiger partial charge is 0.144 e. The zero-order valence-electron chi connectivity index (χ0n) is 10.9. The number of hydrogen-bond acceptors (Lipinski definition) is 2. The van der Waals surface area contributed by atoms with Crippen LogP contribution in [0.2, 0.25) is 0 Å². The molecule has 0 N–H and O–H groups in total. The van der Waals surface area contributed by atoms with Crippen molar-refractivity contribution in [2.24, 2.45) is 4.40 Å². The molecule has 1 aromatic rings. The number of aryl methyl sites for hydroxylation is 1. The van der Waals surface area contributed by atoms with Gasteiger partial charge in [-0.25, -0.2) is 0 Å². The Hall–Kier alpha value is -0.320. The maximum Gasteiger partial charge on any atom is 0.144 e. The van der Waals surface area contributed by atoms with E-state index in [1.165, 1.54) is 0 Å². The summed E-state index contributed by atoms with van der Waals surface area (Å²) in [4.78, 5) is 0. The van der Waals surface area contributed by atoms with Crippen LogP contribution in [0.3, 0.4) is 0 Å². The Morgan fingerprint density at radius 3 is 2.41 bits per heavy atom. The van der Waals surface area contributed by atoms with E-state index in [1.807, 2.05) is 52.8 Å². The van der Waals surface area contributed by atoms with E-state index < -0.39 is 11.4 Å². The van der Waals surface area contributed by atoms with Crippen molar-refractivity contribution < 1.29 is 4.55 Å². The minimum absolute atomic E-state index is 0.315. The quantitative estimate of drug-likeness (QED) is 0.599. The highest BCUT2D eigenvalue weighted by Crippen LogP contribution is 2.21. The van der Waals surface area contributed by atoms with E-state index in [0.717, 1.165) is 21.3 Å². The molecule has 0 aliphatic heterocycles. The van der Waals surface area contributed by atoms with E-state index in [2.05, 4.69) is 20.3 Å². The Labute approximate surface area is 115 Å². The molecule has 0 amide bonds. The Bertz CT molecular complexity index is 438. The molecule has 0 fully saturated rings. The molecular weight excluding hydrogens is 298 g/mol. The van der Waals surface area contributed by atoms with Gasteiger partial charge in [0.15, 0.2) is 0 Å². The lowest BCUT2D eigenvalue weighted by Crippen LogP contribution is -2.26. The van der Waals surface area contributed by atoms with Gasteiger partial charge in [0.2, 0.25) is 0 Å². The summed E-state index contributed by atoms with van der Waals surface area (Å²) < 4.78 is 17.0. The van der Waals surface area contributed by atoms with E-state index in [-0.39, 0.29) is 4.75 Å². The van der Waals surface area contributed by atoms with Crippen LogP contribution in [0.1, 0.15) is 38.8 Å². The zero-order valence-corrected chi connectivity index (χ0v) is 13.3. The van der Waals surface area contributed by atoms with Crippen LogP contribution in [0.5, 0.6) is 0 Å². The molecule has 0 spiro atoms. The average molecular weight is 316 g/mol. The number of halogens is 1. The normalized spacial score (nSPS) is 14.9. The fourth-order valence-electron chi connectivity index (χ4n) is 1.34. The molecule has 17 heavy (non-hydrogen) atoms. The second kappa shape index (κ2) is 5.55. The predicted molar refractivity (Wildman–Crippen MR) is 79.0 cm³/mol. The standard InChI is InChI=1S/C13H18BrNOS/c1-9-8-11(14)6-7-12(9)10(2)15-17(16)13(3,4)5/h6-8H,1-5H3/b15-10+/t17-/m1/s1. The maximum atomic E-state index is 11.9. The number of hydrogen-bond donors (Lipinski definition) is 0. The Morgan fingerprint density at radius 1 is 1.35 bits per heavy atom. The summed E-state index contributed by atoms with van der Waals surface area (Å²) in [6.07, 6.45) is 0. The van der Waals surface area contributed by atoms with Crippen LogP contribution >= 0.6 is 15.9 Å². The number of benzene rings is 1. The van der Waals surface area contributed by atoms with Crippen LogP contribution in [0, 0.1) is 6.92 Å². The second-order valence-electron chi connectivity index (χ2n) is 5.00. The molecule has 0 bridgehead atoms. The first kappa shape index (κ1) is 14.7. The van der Waals surface area contributed by atoms with Gasteiger partial charge in [-0.3, -0.25) is 0 Å². The van der Waals surface area contributed by atoms with Crippen molar-refractivity contribution in [2.45, 2.75) is 39.4 Å². The van der Waals surface area contributed by atoms with Gasteiger partial charge in [0.25, 0.3) is 0 Å². The fraction of sp³-hybridized carbons (Fsp3) is 0.462. The first-order chi connectivity index (χ1) is 7.71. The van der Waals surface area contributed by atoms with Gasteiger partial charge in [0.05, 0.1) is 5.71 Å². The summed E-state index contributed by atoms with van der Waals surface area (Å²) in [6, 6.07) is 6.01. The predicted octanol–water partition coefficient (Wildman–Crippen LogP) is 4.03. The molecule has 4 heteroatoms. The third-order valence-electron chi connectivity index (χ3n) is 2.32. The van der Waals surface area contributed by atoms with Crippen LogP contribution in [0.15, 0.2) is 27.1 Å². The molecule has 0 heterocycles. The first-order valence-corrected chi connectivity index (χ1v) is 7.35. The van der Waals surface area contributed by atoms with E-state index in [4.69, 9.17) is 0 Å². The molecule has 0 aliphatic rings. The van der Waals surface area contributed by atoms with E-state index in [1.54, 1.807) is 0 Å². The van der Waals surface area contributed by atoms with E-state index >= 15 is 0 Å². The summed E-state index contributed by atoms with van der Waals surface area (Å²) in [6.45, 7) is 9.70. The van der Waals surface area contributed by atoms with E-state index in [9.17, 15) is 4.55 Å². The van der Waals surface area contributed by atoms with Crippen molar-refractivity contribution in [3.8, 4) is 0 Å². The first-order valence-electron chi connectivity index (χ1n) is 5.45. The second-order valence-corrected chi connectivity index (χ2v) is 7.82. The summed E-state index contributed by atoms with van der Waals surface area (Å²) >= 11 is 2.22. The van der Waals surface area contributed by atoms with Crippen LogP contribution < -0.4 is 0 Å². The molecular formula is C13H18BrNOS. The lowest BCUT2D eigenvalue weighted by Gasteiger charge is -2.19. The van der Waals surface area contributed by atoms with Crippen molar-refractivity contribution in [1.82, 2.24) is 0 Å². The highest BCUT2D eigenvalue weighted by molar-refractivity contribution is 9.10. The minimum atomic E-state index is -1.21. The third kappa shape index (κ3) is 4.12. The van der Waals surface area contributed by atoms with Crippen LogP contribution in [0.4, 0.5) is 0 Å². The largest absolute Gasteiger partial charge is 0.591 e. The molecule has 0 saturated carbocycles. The van der Waals surface area contributed by atoms with Gasteiger partial charge in [0, 0.05) is 10.0 Å². The molecule has 0 saturated heterocycles. The highest BCUT2D eigenvalue weighted by Gasteiger charge is 2.26. The summed E-state index contributed by atoms with van der Waals surface area (Å²) in [5, 5.41) is 0. The highest BCUT2D eigenvalue weighted by atomic mass is 79.9. The monoisotopic (exact) mass is 315 g/mol. The van der Waals surface area contributed by atoms with Gasteiger partial charge in [-0.2, -0.15) is 0 Å². The van der Waals surface area contributed by atoms with Crippen molar-refractivity contribution in [3.05, 3.63) is 33.8 Å². The minimum Gasteiger partial charge on any atom is -0.591 e. The third-order valence-corrected chi connectivity index (χ3v) is 4.30. The van der Waals surface area contributed by atoms with Gasteiger partial charge in [-0.05, 0) is 52.3 Å². The molecule has 0 aliphatic carbocycles. The van der Waals surface area contributed by atoms with Gasteiger partial charge >= 0.3 is 0 Å². The molecule has 0 unspecified atom stereocenters. The molecule has 0 aromatic heterocycles. The van der Waals surface area contributed by atoms with Gasteiger partial charge in [-0.1, -0.05) is 26.4 Å². The van der Waals surface area contributed by atoms with Crippen LogP contribution in [-0.2, 0) is 11.4 Å². The Balaban J connectivity index is 3.04. The molecule has 1 rings (SSSR count). The maximum absolute atomic E-state index is 11.9. The summed E-state index contributed by atoms with van der Waals surface area (Å²) in [7, 11) is 0. The number of rotatable bonds is 2. The van der Waals surface area contributed by atoms with Crippen LogP contribution in [0.25, 0.3) is 0 Å². The fourth-order valence-corrected chi connectivity index (χ4v) is 2.44. The Kier molecular flexibility index (Phi) is 4.81. The SMILES string of the molecule is C/C(=N\[S@+]([O-])C(C)(C)C)c1ccc(Br)cc1C. The van der Waals surface area contributed by atoms with E-state index in [0.29, 0.717) is 0 Å². The van der Waals surface area contributed by atoms with Gasteiger partial charge in [-0.15, -0.1) is 0 Å². The molecule has 94 valence electrons. The molecule has 2 nitrogen and oxygen atoms in total. The Morgan fingerprint density at radius 2 is 1.94 bits per heavy atom. The summed E-state index contributed by atoms with van der Waals surface area (Å²) in [5.74, 6) is 0. The topological polar surface area (TPSA) is 35.4 Å². The average Bonchev–Trinajstić information content (AvgIpc) is 2.15. The van der Waals surface area contributed by atoms with Crippen molar-refractivity contribution in [3.63, 3.8) is 0 Å². The number of nitrogens with zero attached hydrogens (tertiary/aromatic N) is 1. The van der Waals surface area contributed by atoms with Gasteiger partial charge < -0.3 is 4.55 Å². The lowest BCUT2D eigenvalue weighted by molar-refractivity contribution is 0.561. The summed E-state index contributed by atoms with van der Waals surface area (Å²) in [5.41, 5.74) is 3.00. The van der Waals surface area contributed by atoms with Crippen molar-refractivity contribution in [1.29, 1.82) is 0 Å². The van der Waals surface area contributed by atoms with Crippen molar-refractivity contribution in [2.75, 3.05) is 0 Å². The molecule has 1 aromatic carbocycles. The molecule has 0 radical (unpaired) electrons. The molecule has 1 atom stereocenters.